The van der Waals surface area contributed by atoms with E-state index in [0.29, 0.717) is 12.1 Å². The first-order valence-corrected chi connectivity index (χ1v) is 7.41. The second-order valence-electron chi connectivity index (χ2n) is 4.66. The van der Waals surface area contributed by atoms with Gasteiger partial charge in [-0.25, -0.2) is 0 Å². The normalized spacial score (nSPS) is 24.8. The zero-order valence-corrected chi connectivity index (χ0v) is 12.4. The third-order valence-corrected chi connectivity index (χ3v) is 4.17. The standard InChI is InChI=1S/C14H20INO/c1-16-13-4-2-3-5-14(13)17-10-11-6-8-12(15)9-7-11/h6-9,13-14,16H,2-5,10H2,1H3. The van der Waals surface area contributed by atoms with Gasteiger partial charge in [0, 0.05) is 9.61 Å². The molecule has 1 aliphatic rings. The minimum atomic E-state index is 0.382. The van der Waals surface area contributed by atoms with Crippen LogP contribution in [0.15, 0.2) is 24.3 Å². The lowest BCUT2D eigenvalue weighted by Crippen LogP contribution is -2.41. The van der Waals surface area contributed by atoms with Crippen molar-refractivity contribution in [3.05, 3.63) is 33.4 Å². The van der Waals surface area contributed by atoms with Crippen molar-refractivity contribution >= 4 is 22.6 Å². The molecule has 94 valence electrons. The predicted molar refractivity (Wildman–Crippen MR) is 79.1 cm³/mol. The number of rotatable bonds is 4. The van der Waals surface area contributed by atoms with Crippen LogP contribution in [0.3, 0.4) is 0 Å². The summed E-state index contributed by atoms with van der Waals surface area (Å²) in [6.45, 7) is 0.736. The van der Waals surface area contributed by atoms with E-state index in [2.05, 4.69) is 52.2 Å². The molecule has 0 aliphatic heterocycles. The Morgan fingerprint density at radius 2 is 1.94 bits per heavy atom. The SMILES string of the molecule is CNC1CCCCC1OCc1ccc(I)cc1. The van der Waals surface area contributed by atoms with Gasteiger partial charge in [0.1, 0.15) is 0 Å². The number of hydrogen-bond acceptors (Lipinski definition) is 2. The quantitative estimate of drug-likeness (QED) is 0.846. The van der Waals surface area contributed by atoms with Gasteiger partial charge in [-0.05, 0) is 60.2 Å². The van der Waals surface area contributed by atoms with E-state index in [0.717, 1.165) is 6.61 Å². The molecule has 0 radical (unpaired) electrons. The van der Waals surface area contributed by atoms with Gasteiger partial charge in [-0.15, -0.1) is 0 Å². The highest BCUT2D eigenvalue weighted by atomic mass is 127. The molecule has 0 aromatic heterocycles. The number of nitrogens with one attached hydrogen (secondary N) is 1. The maximum Gasteiger partial charge on any atom is 0.0732 e. The van der Waals surface area contributed by atoms with Crippen molar-refractivity contribution < 1.29 is 4.74 Å². The summed E-state index contributed by atoms with van der Waals surface area (Å²) in [5.41, 5.74) is 1.27. The summed E-state index contributed by atoms with van der Waals surface area (Å²) in [6, 6.07) is 9.11. The number of ether oxygens (including phenoxy) is 1. The first-order valence-electron chi connectivity index (χ1n) is 6.33. The molecule has 1 aromatic carbocycles. The number of likely N-dealkylation sites (N-methyl/N-ethyl adjacent to an activating group) is 1. The van der Waals surface area contributed by atoms with Gasteiger partial charge in [-0.3, -0.25) is 0 Å². The van der Waals surface area contributed by atoms with Gasteiger partial charge in [0.05, 0.1) is 12.7 Å². The zero-order valence-electron chi connectivity index (χ0n) is 10.3. The van der Waals surface area contributed by atoms with Crippen molar-refractivity contribution in [2.75, 3.05) is 7.05 Å². The number of benzene rings is 1. The van der Waals surface area contributed by atoms with E-state index in [1.807, 2.05) is 7.05 Å². The van der Waals surface area contributed by atoms with Gasteiger partial charge in [-0.2, -0.15) is 0 Å². The molecule has 3 heteroatoms. The molecule has 0 bridgehead atoms. The maximum absolute atomic E-state index is 6.05. The summed E-state index contributed by atoms with van der Waals surface area (Å²) in [5.74, 6) is 0. The molecule has 0 spiro atoms. The molecule has 1 aromatic rings. The largest absolute Gasteiger partial charge is 0.372 e. The highest BCUT2D eigenvalue weighted by Crippen LogP contribution is 2.22. The average molecular weight is 345 g/mol. The highest BCUT2D eigenvalue weighted by molar-refractivity contribution is 14.1. The number of hydrogen-bond donors (Lipinski definition) is 1. The molecule has 1 fully saturated rings. The fourth-order valence-corrected chi connectivity index (χ4v) is 2.77. The van der Waals surface area contributed by atoms with E-state index in [9.17, 15) is 0 Å². The van der Waals surface area contributed by atoms with Gasteiger partial charge in [0.15, 0.2) is 0 Å². The molecular weight excluding hydrogens is 325 g/mol. The Morgan fingerprint density at radius 3 is 2.65 bits per heavy atom. The van der Waals surface area contributed by atoms with E-state index in [1.54, 1.807) is 0 Å². The monoisotopic (exact) mass is 345 g/mol. The average Bonchev–Trinajstić information content (AvgIpc) is 2.38. The van der Waals surface area contributed by atoms with Crippen LogP contribution in [0.25, 0.3) is 0 Å². The second kappa shape index (κ2) is 6.71. The molecule has 1 N–H and O–H groups in total. The first kappa shape index (κ1) is 13.3. The van der Waals surface area contributed by atoms with E-state index in [-0.39, 0.29) is 0 Å². The van der Waals surface area contributed by atoms with E-state index >= 15 is 0 Å². The maximum atomic E-state index is 6.05. The van der Waals surface area contributed by atoms with Crippen molar-refractivity contribution in [1.29, 1.82) is 0 Å². The van der Waals surface area contributed by atoms with Crippen LogP contribution in [0.4, 0.5) is 0 Å². The topological polar surface area (TPSA) is 21.3 Å². The van der Waals surface area contributed by atoms with E-state index in [4.69, 9.17) is 4.74 Å². The summed E-state index contributed by atoms with van der Waals surface area (Å²) in [6.07, 6.45) is 5.45. The Kier molecular flexibility index (Phi) is 5.25. The van der Waals surface area contributed by atoms with Crippen LogP contribution in [-0.4, -0.2) is 19.2 Å². The molecule has 0 saturated heterocycles. The zero-order chi connectivity index (χ0) is 12.1. The van der Waals surface area contributed by atoms with Crippen molar-refractivity contribution in [2.45, 2.75) is 44.4 Å². The third-order valence-electron chi connectivity index (χ3n) is 3.45. The number of halogens is 1. The molecule has 0 amide bonds. The molecule has 17 heavy (non-hydrogen) atoms. The summed E-state index contributed by atoms with van der Waals surface area (Å²) in [4.78, 5) is 0. The Bertz CT molecular complexity index is 339. The van der Waals surface area contributed by atoms with Gasteiger partial charge in [0.25, 0.3) is 0 Å². The van der Waals surface area contributed by atoms with E-state index in [1.165, 1.54) is 34.8 Å². The van der Waals surface area contributed by atoms with Crippen LogP contribution < -0.4 is 5.32 Å². The van der Waals surface area contributed by atoms with Crippen LogP contribution in [-0.2, 0) is 11.3 Å². The predicted octanol–water partition coefficient (Wildman–Crippen LogP) is 3.34. The highest BCUT2D eigenvalue weighted by Gasteiger charge is 2.24. The molecule has 0 heterocycles. The summed E-state index contributed by atoms with van der Waals surface area (Å²) in [5, 5.41) is 3.37. The van der Waals surface area contributed by atoms with Gasteiger partial charge in [-0.1, -0.05) is 25.0 Å². The second-order valence-corrected chi connectivity index (χ2v) is 5.90. The van der Waals surface area contributed by atoms with Crippen molar-refractivity contribution in [3.63, 3.8) is 0 Å². The van der Waals surface area contributed by atoms with Crippen LogP contribution in [0.5, 0.6) is 0 Å². The summed E-state index contributed by atoms with van der Waals surface area (Å²) < 4.78 is 7.32. The van der Waals surface area contributed by atoms with Crippen LogP contribution in [0.2, 0.25) is 0 Å². The molecule has 2 unspecified atom stereocenters. The molecule has 1 saturated carbocycles. The smallest absolute Gasteiger partial charge is 0.0732 e. The lowest BCUT2D eigenvalue weighted by atomic mass is 9.92. The summed E-state index contributed by atoms with van der Waals surface area (Å²) in [7, 11) is 2.04. The fourth-order valence-electron chi connectivity index (χ4n) is 2.41. The van der Waals surface area contributed by atoms with E-state index < -0.39 is 0 Å². The lowest BCUT2D eigenvalue weighted by molar-refractivity contribution is -0.00361. The van der Waals surface area contributed by atoms with Gasteiger partial charge < -0.3 is 10.1 Å². The Hall–Kier alpha value is -0.130. The van der Waals surface area contributed by atoms with Crippen LogP contribution in [0, 0.1) is 3.57 Å². The lowest BCUT2D eigenvalue weighted by Gasteiger charge is -2.31. The third kappa shape index (κ3) is 3.93. The fraction of sp³-hybridized carbons (Fsp3) is 0.571. The molecular formula is C14H20INO. The van der Waals surface area contributed by atoms with Gasteiger partial charge >= 0.3 is 0 Å². The Labute approximate surface area is 117 Å². The first-order chi connectivity index (χ1) is 8.29. The van der Waals surface area contributed by atoms with Gasteiger partial charge in [0.2, 0.25) is 0 Å². The van der Waals surface area contributed by atoms with Crippen molar-refractivity contribution in [2.24, 2.45) is 0 Å². The molecule has 2 nitrogen and oxygen atoms in total. The van der Waals surface area contributed by atoms with Crippen LogP contribution in [0.1, 0.15) is 31.2 Å². The molecule has 2 atom stereocenters. The van der Waals surface area contributed by atoms with Crippen molar-refractivity contribution in [1.82, 2.24) is 5.32 Å². The van der Waals surface area contributed by atoms with Crippen LogP contribution >= 0.6 is 22.6 Å². The van der Waals surface area contributed by atoms with Crippen molar-refractivity contribution in [3.8, 4) is 0 Å². The minimum Gasteiger partial charge on any atom is -0.372 e. The summed E-state index contributed by atoms with van der Waals surface area (Å²) >= 11 is 2.33. The minimum absolute atomic E-state index is 0.382. The molecule has 2 rings (SSSR count). The Balaban J connectivity index is 1.86. The Morgan fingerprint density at radius 1 is 1.24 bits per heavy atom. The molecule has 1 aliphatic carbocycles.